The van der Waals surface area contributed by atoms with Crippen molar-refractivity contribution in [3.8, 4) is 0 Å². The summed E-state index contributed by atoms with van der Waals surface area (Å²) in [5, 5.41) is 9.29. The molecule has 0 fully saturated rings. The Hall–Kier alpha value is -1.10. The second kappa shape index (κ2) is 9.15. The van der Waals surface area contributed by atoms with E-state index >= 15 is 0 Å². The van der Waals surface area contributed by atoms with Gasteiger partial charge in [-0.25, -0.2) is 0 Å². The first kappa shape index (κ1) is 14.9. The van der Waals surface area contributed by atoms with Gasteiger partial charge in [0.1, 0.15) is 5.78 Å². The summed E-state index contributed by atoms with van der Waals surface area (Å²) in [5.74, 6) is 1.03. The lowest BCUT2D eigenvalue weighted by atomic mass is 10.1. The number of nitrogens with one attached hydrogen (secondary N) is 3. The molecular formula is C11H24N4O. The van der Waals surface area contributed by atoms with Crippen molar-refractivity contribution in [1.29, 1.82) is 0 Å². The number of hydrogen-bond acceptors (Lipinski definition) is 3. The molecule has 0 aliphatic rings. The number of Topliss-reactive ketones (excluding diaryl/α,β-unsaturated/α-hetero) is 1. The van der Waals surface area contributed by atoms with Crippen LogP contribution in [0.15, 0.2) is 4.99 Å². The van der Waals surface area contributed by atoms with Gasteiger partial charge in [-0.3, -0.25) is 9.79 Å². The van der Waals surface area contributed by atoms with Crippen LogP contribution >= 0.6 is 0 Å². The van der Waals surface area contributed by atoms with Gasteiger partial charge in [0.05, 0.1) is 0 Å². The smallest absolute Gasteiger partial charge is 0.190 e. The highest BCUT2D eigenvalue weighted by Gasteiger charge is 2.08. The highest BCUT2D eigenvalue weighted by Crippen LogP contribution is 2.01. The molecule has 0 unspecified atom stereocenters. The minimum atomic E-state index is 0.235. The van der Waals surface area contributed by atoms with Crippen LogP contribution in [0.25, 0.3) is 0 Å². The number of carbonyl (C=O) groups is 1. The standard InChI is InChI=1S/C11H24N4O/c1-9(16)8-10(12-2)6-5-7-15-11(13-3)14-4/h10,12H,5-8H2,1-4H3,(H2,13,14,15)/t10-/m0/s1. The third kappa shape index (κ3) is 7.23. The van der Waals surface area contributed by atoms with Crippen molar-refractivity contribution in [3.05, 3.63) is 0 Å². The van der Waals surface area contributed by atoms with Crippen LogP contribution in [0.1, 0.15) is 26.2 Å². The Bertz CT molecular complexity index is 228. The summed E-state index contributed by atoms with van der Waals surface area (Å²) in [4.78, 5) is 15.0. The van der Waals surface area contributed by atoms with E-state index in [2.05, 4.69) is 20.9 Å². The van der Waals surface area contributed by atoms with E-state index in [1.54, 1.807) is 14.0 Å². The molecule has 0 amide bonds. The molecule has 0 bridgehead atoms. The average Bonchev–Trinajstić information content (AvgIpc) is 2.27. The molecule has 1 atom stereocenters. The third-order valence-electron chi connectivity index (χ3n) is 2.42. The molecule has 0 radical (unpaired) electrons. The van der Waals surface area contributed by atoms with Crippen LogP contribution in [0, 0.1) is 0 Å². The molecule has 94 valence electrons. The van der Waals surface area contributed by atoms with Crippen molar-refractivity contribution in [2.45, 2.75) is 32.2 Å². The summed E-state index contributed by atoms with van der Waals surface area (Å²) in [6.45, 7) is 2.50. The van der Waals surface area contributed by atoms with Crippen molar-refractivity contribution in [3.63, 3.8) is 0 Å². The summed E-state index contributed by atoms with van der Waals surface area (Å²) in [5.41, 5.74) is 0. The van der Waals surface area contributed by atoms with E-state index < -0.39 is 0 Å². The predicted molar refractivity (Wildman–Crippen MR) is 67.8 cm³/mol. The molecule has 0 spiro atoms. The number of hydrogen-bond donors (Lipinski definition) is 3. The fourth-order valence-electron chi connectivity index (χ4n) is 1.53. The lowest BCUT2D eigenvalue weighted by Gasteiger charge is -2.15. The topological polar surface area (TPSA) is 65.5 Å². The van der Waals surface area contributed by atoms with E-state index in [1.807, 2.05) is 14.1 Å². The van der Waals surface area contributed by atoms with Gasteiger partial charge < -0.3 is 16.0 Å². The largest absolute Gasteiger partial charge is 0.359 e. The Morgan fingerprint density at radius 2 is 2.06 bits per heavy atom. The lowest BCUT2D eigenvalue weighted by Crippen LogP contribution is -2.36. The number of nitrogens with zero attached hydrogens (tertiary/aromatic N) is 1. The Morgan fingerprint density at radius 1 is 1.38 bits per heavy atom. The van der Waals surface area contributed by atoms with Crippen LogP contribution in [0.3, 0.4) is 0 Å². The maximum absolute atomic E-state index is 11.0. The molecule has 0 heterocycles. The molecule has 0 aromatic carbocycles. The summed E-state index contributed by atoms with van der Waals surface area (Å²) >= 11 is 0. The number of carbonyl (C=O) groups excluding carboxylic acids is 1. The van der Waals surface area contributed by atoms with Gasteiger partial charge in [0.15, 0.2) is 5.96 Å². The summed E-state index contributed by atoms with van der Waals surface area (Å²) in [6, 6.07) is 0.288. The fraction of sp³-hybridized carbons (Fsp3) is 0.818. The monoisotopic (exact) mass is 228 g/mol. The van der Waals surface area contributed by atoms with Gasteiger partial charge in [0, 0.05) is 33.1 Å². The van der Waals surface area contributed by atoms with Gasteiger partial charge >= 0.3 is 0 Å². The quantitative estimate of drug-likeness (QED) is 0.329. The zero-order valence-corrected chi connectivity index (χ0v) is 10.8. The first-order valence-corrected chi connectivity index (χ1v) is 5.69. The van der Waals surface area contributed by atoms with Gasteiger partial charge in [-0.05, 0) is 26.8 Å². The molecule has 0 saturated carbocycles. The average molecular weight is 228 g/mol. The van der Waals surface area contributed by atoms with Crippen LogP contribution in [0.5, 0.6) is 0 Å². The number of aliphatic imine (C=N–C) groups is 1. The van der Waals surface area contributed by atoms with Crippen LogP contribution in [-0.4, -0.2) is 45.5 Å². The minimum Gasteiger partial charge on any atom is -0.359 e. The summed E-state index contributed by atoms with van der Waals surface area (Å²) in [7, 11) is 5.47. The van der Waals surface area contributed by atoms with Crippen molar-refractivity contribution in [2.24, 2.45) is 4.99 Å². The first-order valence-electron chi connectivity index (χ1n) is 5.69. The van der Waals surface area contributed by atoms with Gasteiger partial charge in [0.2, 0.25) is 0 Å². The Kier molecular flexibility index (Phi) is 8.52. The zero-order chi connectivity index (χ0) is 12.4. The van der Waals surface area contributed by atoms with Crippen molar-refractivity contribution >= 4 is 11.7 Å². The van der Waals surface area contributed by atoms with Crippen LogP contribution < -0.4 is 16.0 Å². The molecule has 5 heteroatoms. The zero-order valence-electron chi connectivity index (χ0n) is 10.8. The maximum atomic E-state index is 11.0. The van der Waals surface area contributed by atoms with Gasteiger partial charge in [-0.15, -0.1) is 0 Å². The highest BCUT2D eigenvalue weighted by atomic mass is 16.1. The van der Waals surface area contributed by atoms with E-state index in [0.29, 0.717) is 6.42 Å². The molecule has 3 N–H and O–H groups in total. The third-order valence-corrected chi connectivity index (χ3v) is 2.42. The fourth-order valence-corrected chi connectivity index (χ4v) is 1.53. The molecule has 0 aliphatic heterocycles. The number of ketones is 1. The van der Waals surface area contributed by atoms with Crippen molar-refractivity contribution < 1.29 is 4.79 Å². The van der Waals surface area contributed by atoms with E-state index in [1.165, 1.54) is 0 Å². The summed E-state index contributed by atoms with van der Waals surface area (Å²) < 4.78 is 0. The van der Waals surface area contributed by atoms with Crippen molar-refractivity contribution in [2.75, 3.05) is 27.7 Å². The van der Waals surface area contributed by atoms with Crippen LogP contribution in [-0.2, 0) is 4.79 Å². The highest BCUT2D eigenvalue weighted by molar-refractivity contribution is 5.79. The van der Waals surface area contributed by atoms with Gasteiger partial charge in [-0.2, -0.15) is 0 Å². The normalized spacial score (nSPS) is 13.4. The van der Waals surface area contributed by atoms with E-state index in [9.17, 15) is 4.79 Å². The molecular weight excluding hydrogens is 204 g/mol. The molecule has 0 aromatic rings. The van der Waals surface area contributed by atoms with Gasteiger partial charge in [0.25, 0.3) is 0 Å². The van der Waals surface area contributed by atoms with E-state index in [4.69, 9.17) is 0 Å². The Labute approximate surface area is 98.1 Å². The molecule has 16 heavy (non-hydrogen) atoms. The minimum absolute atomic E-state index is 0.235. The Balaban J connectivity index is 3.66. The second-order valence-corrected chi connectivity index (χ2v) is 3.78. The molecule has 0 aliphatic carbocycles. The predicted octanol–water partition coefficient (Wildman–Crippen LogP) is 0.129. The van der Waals surface area contributed by atoms with Gasteiger partial charge in [-0.1, -0.05) is 0 Å². The molecule has 0 rings (SSSR count). The summed E-state index contributed by atoms with van der Waals surface area (Å²) in [6.07, 6.45) is 2.61. The molecule has 5 nitrogen and oxygen atoms in total. The lowest BCUT2D eigenvalue weighted by molar-refractivity contribution is -0.117. The number of guanidine groups is 1. The van der Waals surface area contributed by atoms with Crippen LogP contribution in [0.4, 0.5) is 0 Å². The maximum Gasteiger partial charge on any atom is 0.190 e. The molecule has 0 aromatic heterocycles. The van der Waals surface area contributed by atoms with E-state index in [0.717, 1.165) is 25.3 Å². The van der Waals surface area contributed by atoms with Crippen molar-refractivity contribution in [1.82, 2.24) is 16.0 Å². The SMILES string of the molecule is C/N=C(/NC)NCCC[C@@H](CC(C)=O)NC. The van der Waals surface area contributed by atoms with E-state index in [-0.39, 0.29) is 11.8 Å². The molecule has 0 saturated heterocycles. The Morgan fingerprint density at radius 3 is 2.50 bits per heavy atom. The number of rotatable bonds is 7. The first-order chi connectivity index (χ1) is 7.63. The van der Waals surface area contributed by atoms with Crippen LogP contribution in [0.2, 0.25) is 0 Å². The second-order valence-electron chi connectivity index (χ2n) is 3.78.